The maximum Gasteiger partial charge on any atom is 0.355 e. The highest BCUT2D eigenvalue weighted by Crippen LogP contribution is 2.21. The lowest BCUT2D eigenvalue weighted by molar-refractivity contribution is -0.174. The number of aliphatic imine (C=N–C) groups is 1. The number of cyclic esters (lactones) is 1. The van der Waals surface area contributed by atoms with Gasteiger partial charge in [-0.05, 0) is 26.3 Å². The van der Waals surface area contributed by atoms with Gasteiger partial charge in [0.2, 0.25) is 6.10 Å². The van der Waals surface area contributed by atoms with Crippen LogP contribution in [0.15, 0.2) is 35.3 Å². The van der Waals surface area contributed by atoms with E-state index < -0.39 is 35.5 Å². The van der Waals surface area contributed by atoms with Gasteiger partial charge in [-0.25, -0.2) is 9.59 Å². The highest BCUT2D eigenvalue weighted by Gasteiger charge is 2.41. The molecule has 2 atom stereocenters. The molecule has 23 heavy (non-hydrogen) atoms. The van der Waals surface area contributed by atoms with Crippen molar-refractivity contribution in [3.05, 3.63) is 35.9 Å². The van der Waals surface area contributed by atoms with Crippen LogP contribution in [0, 0.1) is 5.41 Å². The molecule has 1 aromatic rings. The molecular weight excluding hydrogens is 298 g/mol. The van der Waals surface area contributed by atoms with E-state index in [0.717, 1.165) is 5.56 Å². The third kappa shape index (κ3) is 4.48. The first kappa shape index (κ1) is 16.9. The van der Waals surface area contributed by atoms with Crippen molar-refractivity contribution in [1.29, 1.82) is 0 Å². The summed E-state index contributed by atoms with van der Waals surface area (Å²) in [7, 11) is 0. The van der Waals surface area contributed by atoms with Crippen LogP contribution in [0.5, 0.6) is 0 Å². The fraction of sp³-hybridized carbons (Fsp3) is 0.412. The fourth-order valence-corrected chi connectivity index (χ4v) is 1.86. The Balaban J connectivity index is 1.96. The minimum atomic E-state index is -1.09. The lowest BCUT2D eigenvalue weighted by atomic mass is 9.97. The van der Waals surface area contributed by atoms with Crippen molar-refractivity contribution < 1.29 is 23.9 Å². The van der Waals surface area contributed by atoms with Crippen molar-refractivity contribution in [3.63, 3.8) is 0 Å². The Bertz CT molecular complexity index is 630. The minimum absolute atomic E-state index is 0.0679. The van der Waals surface area contributed by atoms with E-state index in [1.54, 1.807) is 27.0 Å². The second-order valence-electron chi connectivity index (χ2n) is 6.32. The topological polar surface area (TPSA) is 82.0 Å². The molecule has 2 rings (SSSR count). The van der Waals surface area contributed by atoms with Gasteiger partial charge in [-0.2, -0.15) is 0 Å². The van der Waals surface area contributed by atoms with Gasteiger partial charge >= 0.3 is 17.9 Å². The van der Waals surface area contributed by atoms with E-state index in [-0.39, 0.29) is 6.42 Å². The summed E-state index contributed by atoms with van der Waals surface area (Å²) in [6.45, 7) is 4.91. The minimum Gasteiger partial charge on any atom is -0.449 e. The molecule has 1 saturated heterocycles. The van der Waals surface area contributed by atoms with Crippen LogP contribution in [0.3, 0.4) is 0 Å². The first-order chi connectivity index (χ1) is 10.8. The lowest BCUT2D eigenvalue weighted by Gasteiger charge is -2.16. The molecule has 0 N–H and O–H groups in total. The van der Waals surface area contributed by atoms with Gasteiger partial charge in [0.1, 0.15) is 0 Å². The second-order valence-corrected chi connectivity index (χ2v) is 6.32. The normalized spacial score (nSPS) is 21.3. The smallest absolute Gasteiger partial charge is 0.355 e. The highest BCUT2D eigenvalue weighted by atomic mass is 16.6. The Morgan fingerprint density at radius 3 is 2.52 bits per heavy atom. The number of nitrogens with zero attached hydrogens (tertiary/aromatic N) is 1. The Hall–Kier alpha value is -2.50. The summed E-state index contributed by atoms with van der Waals surface area (Å²) < 4.78 is 9.71. The van der Waals surface area contributed by atoms with Crippen LogP contribution in [0.1, 0.15) is 32.8 Å². The molecule has 1 aliphatic rings. The number of esters is 3. The first-order valence-electron chi connectivity index (χ1n) is 7.32. The molecule has 0 radical (unpaired) electrons. The zero-order valence-electron chi connectivity index (χ0n) is 13.3. The molecule has 0 bridgehead atoms. The van der Waals surface area contributed by atoms with Gasteiger partial charge in [0.25, 0.3) is 0 Å². The van der Waals surface area contributed by atoms with E-state index in [1.165, 1.54) is 0 Å². The molecule has 2 unspecified atom stereocenters. The van der Waals surface area contributed by atoms with Crippen molar-refractivity contribution in [1.82, 2.24) is 0 Å². The molecular formula is C17H19NO5. The Kier molecular flexibility index (Phi) is 4.93. The van der Waals surface area contributed by atoms with Crippen molar-refractivity contribution in [2.45, 2.75) is 39.3 Å². The quantitative estimate of drug-likeness (QED) is 0.483. The number of ether oxygens (including phenoxy) is 2. The number of carbonyl (C=O) groups excluding carboxylic acids is 3. The van der Waals surface area contributed by atoms with Crippen molar-refractivity contribution >= 4 is 24.1 Å². The third-order valence-electron chi connectivity index (χ3n) is 3.24. The van der Waals surface area contributed by atoms with Crippen molar-refractivity contribution in [3.8, 4) is 0 Å². The SMILES string of the molecule is CC(C)(C)C(=O)OC(=O)C1CC(N=Cc2ccccc2)C(=O)O1. The highest BCUT2D eigenvalue weighted by molar-refractivity contribution is 5.94. The van der Waals surface area contributed by atoms with Gasteiger partial charge in [0, 0.05) is 12.6 Å². The number of carbonyl (C=O) groups is 3. The zero-order chi connectivity index (χ0) is 17.0. The third-order valence-corrected chi connectivity index (χ3v) is 3.24. The summed E-state index contributed by atoms with van der Waals surface area (Å²) in [6.07, 6.45) is 0.532. The van der Waals surface area contributed by atoms with Crippen LogP contribution in [-0.2, 0) is 23.9 Å². The molecule has 122 valence electrons. The van der Waals surface area contributed by atoms with Crippen molar-refractivity contribution in [2.24, 2.45) is 10.4 Å². The zero-order valence-corrected chi connectivity index (χ0v) is 13.3. The van der Waals surface area contributed by atoms with Crippen LogP contribution in [0.25, 0.3) is 0 Å². The maximum atomic E-state index is 11.9. The molecule has 1 fully saturated rings. The molecule has 1 heterocycles. The predicted molar refractivity (Wildman–Crippen MR) is 82.9 cm³/mol. The average molecular weight is 317 g/mol. The second kappa shape index (κ2) is 6.73. The fourth-order valence-electron chi connectivity index (χ4n) is 1.86. The van der Waals surface area contributed by atoms with Crippen molar-refractivity contribution in [2.75, 3.05) is 0 Å². The molecule has 6 nitrogen and oxygen atoms in total. The first-order valence-corrected chi connectivity index (χ1v) is 7.32. The molecule has 0 amide bonds. The van der Waals surface area contributed by atoms with Gasteiger partial charge in [-0.15, -0.1) is 0 Å². The molecule has 1 aromatic carbocycles. The van der Waals surface area contributed by atoms with Gasteiger partial charge in [0.05, 0.1) is 5.41 Å². The van der Waals surface area contributed by atoms with E-state index in [9.17, 15) is 14.4 Å². The van der Waals surface area contributed by atoms with E-state index in [1.807, 2.05) is 30.3 Å². The number of benzene rings is 1. The van der Waals surface area contributed by atoms with E-state index >= 15 is 0 Å². The summed E-state index contributed by atoms with van der Waals surface area (Å²) in [6, 6.07) is 8.51. The van der Waals surface area contributed by atoms with Crippen LogP contribution in [-0.4, -0.2) is 36.3 Å². The Labute approximate surface area is 134 Å². The number of rotatable bonds is 3. The monoisotopic (exact) mass is 317 g/mol. The van der Waals surface area contributed by atoms with E-state index in [0.29, 0.717) is 0 Å². The number of hydrogen-bond donors (Lipinski definition) is 0. The maximum absolute atomic E-state index is 11.9. The summed E-state index contributed by atoms with van der Waals surface area (Å²) in [5.41, 5.74) is 0.0394. The molecule has 0 spiro atoms. The summed E-state index contributed by atoms with van der Waals surface area (Å²) in [5.74, 6) is -2.10. The molecule has 1 aliphatic heterocycles. The van der Waals surface area contributed by atoms with Crippen LogP contribution < -0.4 is 0 Å². The summed E-state index contributed by atoms with van der Waals surface area (Å²) in [5, 5.41) is 0. The number of hydrogen-bond acceptors (Lipinski definition) is 6. The molecule has 0 aliphatic carbocycles. The van der Waals surface area contributed by atoms with Gasteiger partial charge in [0.15, 0.2) is 6.04 Å². The average Bonchev–Trinajstić information content (AvgIpc) is 2.86. The largest absolute Gasteiger partial charge is 0.449 e. The van der Waals surface area contributed by atoms with Gasteiger partial charge < -0.3 is 9.47 Å². The molecule has 0 aromatic heterocycles. The van der Waals surface area contributed by atoms with Crippen LogP contribution in [0.2, 0.25) is 0 Å². The molecule has 6 heteroatoms. The van der Waals surface area contributed by atoms with Crippen LogP contribution in [0.4, 0.5) is 0 Å². The van der Waals surface area contributed by atoms with E-state index in [2.05, 4.69) is 4.99 Å². The lowest BCUT2D eigenvalue weighted by Crippen LogP contribution is -2.31. The molecule has 0 saturated carbocycles. The Morgan fingerprint density at radius 1 is 1.26 bits per heavy atom. The summed E-state index contributed by atoms with van der Waals surface area (Å²) >= 11 is 0. The standard InChI is InChI=1S/C17H19NO5/c1-17(2,3)16(21)23-15(20)13-9-12(14(19)22-13)18-10-11-7-5-4-6-8-11/h4-8,10,12-13H,9H2,1-3H3. The summed E-state index contributed by atoms with van der Waals surface area (Å²) in [4.78, 5) is 39.5. The predicted octanol–water partition coefficient (Wildman–Crippen LogP) is 1.91. The van der Waals surface area contributed by atoms with Crippen LogP contribution >= 0.6 is 0 Å². The van der Waals surface area contributed by atoms with Gasteiger partial charge in [-0.1, -0.05) is 30.3 Å². The van der Waals surface area contributed by atoms with Gasteiger partial charge in [-0.3, -0.25) is 9.79 Å². The Morgan fingerprint density at radius 2 is 1.91 bits per heavy atom. The van der Waals surface area contributed by atoms with E-state index in [4.69, 9.17) is 9.47 Å².